The van der Waals surface area contributed by atoms with E-state index in [2.05, 4.69) is 10.6 Å². The van der Waals surface area contributed by atoms with E-state index in [1.807, 2.05) is 12.1 Å². The van der Waals surface area contributed by atoms with Gasteiger partial charge in [0.1, 0.15) is 0 Å². The summed E-state index contributed by atoms with van der Waals surface area (Å²) < 4.78 is 31.2. The van der Waals surface area contributed by atoms with Gasteiger partial charge in [-0.3, -0.25) is 4.79 Å². The fourth-order valence-electron chi connectivity index (χ4n) is 3.03. The lowest BCUT2D eigenvalue weighted by Crippen LogP contribution is -2.24. The Morgan fingerprint density at radius 3 is 2.43 bits per heavy atom. The van der Waals surface area contributed by atoms with Crippen LogP contribution in [0.4, 0.5) is 0 Å². The summed E-state index contributed by atoms with van der Waals surface area (Å²) in [5.74, 6) is 1.21. The number of sulfonamides is 1. The van der Waals surface area contributed by atoms with Crippen LogP contribution in [0.25, 0.3) is 0 Å². The molecule has 0 amide bonds. The van der Waals surface area contributed by atoms with E-state index < -0.39 is 16.0 Å². The number of carbonyl (C=O) groups is 2. The van der Waals surface area contributed by atoms with E-state index in [9.17, 15) is 18.0 Å². The number of esters is 1. The van der Waals surface area contributed by atoms with Gasteiger partial charge in [-0.2, -0.15) is 4.72 Å². The number of nitrogens with one attached hydrogen (secondary N) is 1. The zero-order valence-corrected chi connectivity index (χ0v) is 15.9. The van der Waals surface area contributed by atoms with Crippen LogP contribution in [0.3, 0.4) is 0 Å². The maximum Gasteiger partial charge on any atom is 0.338 e. The normalized spacial score (nSPS) is 12.8. The number of aryl methyl sites for hydroxylation is 2. The highest BCUT2D eigenvalue weighted by molar-refractivity contribution is 7.89. The minimum atomic E-state index is -3.73. The van der Waals surface area contributed by atoms with E-state index in [0.717, 1.165) is 19.3 Å². The molecule has 0 bridgehead atoms. The minimum absolute atomic E-state index is 0.0199. The SMILES string of the molecule is C#CCNS(=O)(=O)c1ccc(C(=O)OCC(=O)c2ccc3c(c2)CCC3)cc1. The van der Waals surface area contributed by atoms with Gasteiger partial charge in [-0.05, 0) is 60.7 Å². The van der Waals surface area contributed by atoms with Gasteiger partial charge < -0.3 is 4.74 Å². The lowest BCUT2D eigenvalue weighted by Gasteiger charge is -2.07. The molecule has 0 unspecified atom stereocenters. The molecule has 28 heavy (non-hydrogen) atoms. The standard InChI is InChI=1S/C21H19NO5S/c1-2-12-22-28(25,26)19-10-8-16(9-11-19)21(24)27-14-20(23)18-7-6-15-4-3-5-17(15)13-18/h1,6-11,13,22H,3-5,12,14H2. The molecule has 0 saturated heterocycles. The number of fused-ring (bicyclic) bond motifs is 1. The first-order valence-corrected chi connectivity index (χ1v) is 10.2. The summed E-state index contributed by atoms with van der Waals surface area (Å²) in [6, 6.07) is 10.8. The van der Waals surface area contributed by atoms with Crippen molar-refractivity contribution in [2.75, 3.05) is 13.2 Å². The first-order chi connectivity index (χ1) is 13.4. The van der Waals surface area contributed by atoms with Gasteiger partial charge in [0, 0.05) is 5.56 Å². The van der Waals surface area contributed by atoms with Crippen molar-refractivity contribution in [2.45, 2.75) is 24.2 Å². The van der Waals surface area contributed by atoms with Crippen LogP contribution < -0.4 is 4.72 Å². The summed E-state index contributed by atoms with van der Waals surface area (Å²) in [5, 5.41) is 0. The molecule has 0 heterocycles. The smallest absolute Gasteiger partial charge is 0.338 e. The molecule has 144 valence electrons. The van der Waals surface area contributed by atoms with Gasteiger partial charge in [0.25, 0.3) is 0 Å². The Balaban J connectivity index is 1.60. The van der Waals surface area contributed by atoms with Gasteiger partial charge in [-0.15, -0.1) is 6.42 Å². The molecule has 7 heteroatoms. The van der Waals surface area contributed by atoms with Crippen molar-refractivity contribution in [2.24, 2.45) is 0 Å². The number of hydrogen-bond donors (Lipinski definition) is 1. The highest BCUT2D eigenvalue weighted by atomic mass is 32.2. The van der Waals surface area contributed by atoms with Crippen molar-refractivity contribution in [3.05, 3.63) is 64.7 Å². The molecule has 3 rings (SSSR count). The van der Waals surface area contributed by atoms with Crippen LogP contribution in [-0.4, -0.2) is 33.3 Å². The zero-order chi connectivity index (χ0) is 20.1. The summed E-state index contributed by atoms with van der Waals surface area (Å²) >= 11 is 0. The van der Waals surface area contributed by atoms with Crippen molar-refractivity contribution in [1.29, 1.82) is 0 Å². The number of benzene rings is 2. The number of ketones is 1. The van der Waals surface area contributed by atoms with E-state index in [1.54, 1.807) is 6.07 Å². The molecule has 0 spiro atoms. The summed E-state index contributed by atoms with van der Waals surface area (Å²) in [5.41, 5.74) is 3.11. The number of ether oxygens (including phenoxy) is 1. The molecule has 1 aliphatic rings. The number of carbonyl (C=O) groups excluding carboxylic acids is 2. The summed E-state index contributed by atoms with van der Waals surface area (Å²) in [4.78, 5) is 24.4. The number of hydrogen-bond acceptors (Lipinski definition) is 5. The first kappa shape index (κ1) is 19.8. The Hall–Kier alpha value is -2.95. The van der Waals surface area contributed by atoms with Crippen LogP contribution in [0.5, 0.6) is 0 Å². The van der Waals surface area contributed by atoms with E-state index in [4.69, 9.17) is 11.2 Å². The van der Waals surface area contributed by atoms with Crippen LogP contribution in [0.1, 0.15) is 38.3 Å². The third-order valence-corrected chi connectivity index (χ3v) is 5.94. The highest BCUT2D eigenvalue weighted by Gasteiger charge is 2.17. The third-order valence-electron chi connectivity index (χ3n) is 4.52. The quantitative estimate of drug-likeness (QED) is 0.439. The predicted molar refractivity (Wildman–Crippen MR) is 104 cm³/mol. The Kier molecular flexibility index (Phi) is 5.93. The second kappa shape index (κ2) is 8.38. The molecular weight excluding hydrogens is 378 g/mol. The number of rotatable bonds is 7. The second-order valence-electron chi connectivity index (χ2n) is 6.39. The maximum atomic E-state index is 12.3. The lowest BCUT2D eigenvalue weighted by atomic mass is 10.0. The molecule has 0 fully saturated rings. The molecule has 2 aromatic rings. The predicted octanol–water partition coefficient (Wildman–Crippen LogP) is 2.13. The molecule has 0 saturated carbocycles. The number of Topliss-reactive ketones (excluding diaryl/α,β-unsaturated/α-hetero) is 1. The van der Waals surface area contributed by atoms with Crippen molar-refractivity contribution >= 4 is 21.8 Å². The summed E-state index contributed by atoms with van der Waals surface area (Å²) in [6.45, 7) is -0.502. The molecule has 1 aliphatic carbocycles. The largest absolute Gasteiger partial charge is 0.454 e. The van der Waals surface area contributed by atoms with Crippen molar-refractivity contribution in [3.8, 4) is 12.3 Å². The molecule has 6 nitrogen and oxygen atoms in total. The van der Waals surface area contributed by atoms with Crippen LogP contribution in [0, 0.1) is 12.3 Å². The van der Waals surface area contributed by atoms with E-state index in [1.165, 1.54) is 35.4 Å². The Morgan fingerprint density at radius 2 is 1.71 bits per heavy atom. The minimum Gasteiger partial charge on any atom is -0.454 e. The average molecular weight is 397 g/mol. The molecule has 0 aliphatic heterocycles. The van der Waals surface area contributed by atoms with Gasteiger partial charge in [-0.25, -0.2) is 13.2 Å². The fourth-order valence-corrected chi connectivity index (χ4v) is 3.97. The lowest BCUT2D eigenvalue weighted by molar-refractivity contribution is 0.0474. The second-order valence-corrected chi connectivity index (χ2v) is 8.16. The van der Waals surface area contributed by atoms with Crippen LogP contribution >= 0.6 is 0 Å². The van der Waals surface area contributed by atoms with Gasteiger partial charge in [0.05, 0.1) is 17.0 Å². The third kappa shape index (κ3) is 4.47. The molecule has 2 aromatic carbocycles. The average Bonchev–Trinajstić information content (AvgIpc) is 3.18. The van der Waals surface area contributed by atoms with E-state index >= 15 is 0 Å². The maximum absolute atomic E-state index is 12.3. The Labute approximate surface area is 164 Å². The van der Waals surface area contributed by atoms with Gasteiger partial charge in [-0.1, -0.05) is 18.1 Å². The van der Waals surface area contributed by atoms with Gasteiger partial charge in [0.2, 0.25) is 10.0 Å². The van der Waals surface area contributed by atoms with E-state index in [0.29, 0.717) is 5.56 Å². The Bertz CT molecular complexity index is 1050. The topological polar surface area (TPSA) is 89.5 Å². The Morgan fingerprint density at radius 1 is 1.04 bits per heavy atom. The monoisotopic (exact) mass is 397 g/mol. The van der Waals surface area contributed by atoms with Crippen LogP contribution in [0.2, 0.25) is 0 Å². The molecule has 0 radical (unpaired) electrons. The fraction of sp³-hybridized carbons (Fsp3) is 0.238. The number of terminal acetylenes is 1. The van der Waals surface area contributed by atoms with Crippen LogP contribution in [0.15, 0.2) is 47.4 Å². The molecule has 0 atom stereocenters. The highest BCUT2D eigenvalue weighted by Crippen LogP contribution is 2.23. The first-order valence-electron chi connectivity index (χ1n) is 8.76. The molecule has 0 aromatic heterocycles. The van der Waals surface area contributed by atoms with E-state index in [-0.39, 0.29) is 29.4 Å². The van der Waals surface area contributed by atoms with Gasteiger partial charge in [0.15, 0.2) is 12.4 Å². The van der Waals surface area contributed by atoms with Crippen LogP contribution in [-0.2, 0) is 27.6 Å². The van der Waals surface area contributed by atoms with Crippen molar-refractivity contribution in [3.63, 3.8) is 0 Å². The summed E-state index contributed by atoms with van der Waals surface area (Å²) in [6.07, 6.45) is 8.12. The summed E-state index contributed by atoms with van der Waals surface area (Å²) in [7, 11) is -3.73. The zero-order valence-electron chi connectivity index (χ0n) is 15.1. The van der Waals surface area contributed by atoms with Gasteiger partial charge >= 0.3 is 5.97 Å². The van der Waals surface area contributed by atoms with Crippen molar-refractivity contribution in [1.82, 2.24) is 4.72 Å². The molecular formula is C21H19NO5S. The molecule has 1 N–H and O–H groups in total. The van der Waals surface area contributed by atoms with Crippen molar-refractivity contribution < 1.29 is 22.7 Å².